The van der Waals surface area contributed by atoms with Crippen molar-refractivity contribution in [2.24, 2.45) is 0 Å². The van der Waals surface area contributed by atoms with Crippen molar-refractivity contribution < 1.29 is 28.7 Å². The zero-order valence-electron chi connectivity index (χ0n) is 12.7. The fraction of sp³-hybridized carbons (Fsp3) is 0.467. The van der Waals surface area contributed by atoms with E-state index in [1.54, 1.807) is 12.2 Å². The summed E-state index contributed by atoms with van der Waals surface area (Å²) in [5.41, 5.74) is 0.550. The summed E-state index contributed by atoms with van der Waals surface area (Å²) < 4.78 is 8.90. The summed E-state index contributed by atoms with van der Waals surface area (Å²) >= 11 is 0. The number of hydrogen-bond acceptors (Lipinski definition) is 6. The second-order valence-corrected chi connectivity index (χ2v) is 4.29. The molecule has 0 fully saturated rings. The fourth-order valence-corrected chi connectivity index (χ4v) is 1.34. The molecule has 0 aromatic heterocycles. The molecule has 0 saturated heterocycles. The van der Waals surface area contributed by atoms with Crippen LogP contribution in [0.5, 0.6) is 0 Å². The standard InChI is InChI=1S/C15H20O6/c1-5-7-10(3)14(18)20-12(16)9-13(17)21-15(19)11(4)8-6-2/h7-8H,5-6,9H2,1-4H3. The molecule has 6 heteroatoms. The number of ether oxygens (including phenoxy) is 2. The van der Waals surface area contributed by atoms with Crippen LogP contribution < -0.4 is 0 Å². The molecular weight excluding hydrogens is 276 g/mol. The highest BCUT2D eigenvalue weighted by Crippen LogP contribution is 2.03. The minimum absolute atomic E-state index is 0.275. The molecule has 0 aromatic carbocycles. The van der Waals surface area contributed by atoms with Gasteiger partial charge >= 0.3 is 23.9 Å². The van der Waals surface area contributed by atoms with Crippen LogP contribution in [0, 0.1) is 0 Å². The largest absolute Gasteiger partial charge is 0.389 e. The number of carbonyl (C=O) groups excluding carboxylic acids is 4. The molecule has 0 aliphatic rings. The Kier molecular flexibility index (Phi) is 8.60. The summed E-state index contributed by atoms with van der Waals surface area (Å²) in [6.45, 7) is 6.65. The van der Waals surface area contributed by atoms with Crippen molar-refractivity contribution in [3.8, 4) is 0 Å². The molecule has 0 radical (unpaired) electrons. The van der Waals surface area contributed by atoms with Gasteiger partial charge in [-0.1, -0.05) is 26.0 Å². The van der Waals surface area contributed by atoms with Gasteiger partial charge in [-0.05, 0) is 26.7 Å². The second-order valence-electron chi connectivity index (χ2n) is 4.29. The summed E-state index contributed by atoms with van der Waals surface area (Å²) in [6, 6.07) is 0. The Morgan fingerprint density at radius 2 is 1.10 bits per heavy atom. The van der Waals surface area contributed by atoms with Crippen LogP contribution in [0.25, 0.3) is 0 Å². The van der Waals surface area contributed by atoms with E-state index >= 15 is 0 Å². The van der Waals surface area contributed by atoms with E-state index in [-0.39, 0.29) is 11.1 Å². The maximum absolute atomic E-state index is 11.4. The van der Waals surface area contributed by atoms with Crippen molar-refractivity contribution in [2.75, 3.05) is 0 Å². The predicted molar refractivity (Wildman–Crippen MR) is 74.9 cm³/mol. The van der Waals surface area contributed by atoms with E-state index in [4.69, 9.17) is 0 Å². The molecule has 0 unspecified atom stereocenters. The van der Waals surface area contributed by atoms with Crippen molar-refractivity contribution in [3.63, 3.8) is 0 Å². The minimum Gasteiger partial charge on any atom is -0.389 e. The molecule has 6 nitrogen and oxygen atoms in total. The molecule has 0 amide bonds. The summed E-state index contributed by atoms with van der Waals surface area (Å²) in [5, 5.41) is 0. The Morgan fingerprint density at radius 3 is 1.38 bits per heavy atom. The third-order valence-corrected chi connectivity index (χ3v) is 2.37. The molecule has 0 bridgehead atoms. The van der Waals surface area contributed by atoms with Gasteiger partial charge in [-0.3, -0.25) is 9.59 Å². The Labute approximate surface area is 123 Å². The molecule has 0 heterocycles. The van der Waals surface area contributed by atoms with Crippen LogP contribution in [0.1, 0.15) is 47.0 Å². The monoisotopic (exact) mass is 296 g/mol. The normalized spacial score (nSPS) is 11.8. The van der Waals surface area contributed by atoms with E-state index in [1.165, 1.54) is 13.8 Å². The Balaban J connectivity index is 4.38. The quantitative estimate of drug-likeness (QED) is 0.424. The lowest BCUT2D eigenvalue weighted by Crippen LogP contribution is -2.20. The Hall–Kier alpha value is -2.24. The second kappa shape index (κ2) is 9.63. The average molecular weight is 296 g/mol. The van der Waals surface area contributed by atoms with Gasteiger partial charge in [0.05, 0.1) is 0 Å². The number of carbonyl (C=O) groups is 4. The van der Waals surface area contributed by atoms with Crippen molar-refractivity contribution >= 4 is 23.9 Å². The maximum Gasteiger partial charge on any atom is 0.341 e. The van der Waals surface area contributed by atoms with Crippen LogP contribution in [0.2, 0.25) is 0 Å². The Bertz CT molecular complexity index is 440. The number of rotatable bonds is 6. The zero-order chi connectivity index (χ0) is 16.4. The molecule has 0 spiro atoms. The molecule has 0 rings (SSSR count). The van der Waals surface area contributed by atoms with E-state index < -0.39 is 30.3 Å². The lowest BCUT2D eigenvalue weighted by atomic mass is 10.2. The van der Waals surface area contributed by atoms with Gasteiger partial charge < -0.3 is 9.47 Å². The first-order valence-corrected chi connectivity index (χ1v) is 6.65. The fourth-order valence-electron chi connectivity index (χ4n) is 1.34. The first-order chi connectivity index (χ1) is 9.81. The topological polar surface area (TPSA) is 86.7 Å². The molecule has 0 N–H and O–H groups in total. The third kappa shape index (κ3) is 7.81. The molecule has 0 aliphatic heterocycles. The van der Waals surface area contributed by atoms with Gasteiger partial charge in [0, 0.05) is 11.1 Å². The summed E-state index contributed by atoms with van der Waals surface area (Å²) in [4.78, 5) is 45.5. The van der Waals surface area contributed by atoms with Crippen LogP contribution in [-0.2, 0) is 28.7 Å². The maximum atomic E-state index is 11.4. The predicted octanol–water partition coefficient (Wildman–Crippen LogP) is 2.23. The van der Waals surface area contributed by atoms with Gasteiger partial charge in [-0.2, -0.15) is 0 Å². The van der Waals surface area contributed by atoms with Gasteiger partial charge in [-0.25, -0.2) is 9.59 Å². The van der Waals surface area contributed by atoms with Crippen LogP contribution in [0.4, 0.5) is 0 Å². The minimum atomic E-state index is -1.06. The number of hydrogen-bond donors (Lipinski definition) is 0. The molecule has 0 aliphatic carbocycles. The molecule has 0 saturated carbocycles. The van der Waals surface area contributed by atoms with Crippen LogP contribution >= 0.6 is 0 Å². The number of esters is 4. The van der Waals surface area contributed by atoms with Gasteiger partial charge in [-0.15, -0.1) is 0 Å². The van der Waals surface area contributed by atoms with Crippen LogP contribution in [0.3, 0.4) is 0 Å². The smallest absolute Gasteiger partial charge is 0.341 e. The molecule has 21 heavy (non-hydrogen) atoms. The highest BCUT2D eigenvalue weighted by atomic mass is 16.6. The molecule has 116 valence electrons. The van der Waals surface area contributed by atoms with E-state index in [1.807, 2.05) is 13.8 Å². The van der Waals surface area contributed by atoms with Gasteiger partial charge in [0.15, 0.2) is 0 Å². The van der Waals surface area contributed by atoms with Crippen LogP contribution in [-0.4, -0.2) is 23.9 Å². The van der Waals surface area contributed by atoms with Crippen molar-refractivity contribution in [2.45, 2.75) is 47.0 Å². The Morgan fingerprint density at radius 1 is 0.762 bits per heavy atom. The third-order valence-electron chi connectivity index (χ3n) is 2.37. The van der Waals surface area contributed by atoms with E-state index in [0.717, 1.165) is 0 Å². The first-order valence-electron chi connectivity index (χ1n) is 6.65. The SMILES string of the molecule is CCC=C(C)C(=O)OC(=O)CC(=O)OC(=O)C(C)=CCC. The first kappa shape index (κ1) is 18.8. The number of allylic oxidation sites excluding steroid dienone is 2. The summed E-state index contributed by atoms with van der Waals surface area (Å²) in [7, 11) is 0. The van der Waals surface area contributed by atoms with Gasteiger partial charge in [0.1, 0.15) is 6.42 Å². The van der Waals surface area contributed by atoms with Crippen LogP contribution in [0.15, 0.2) is 23.3 Å². The summed E-state index contributed by atoms with van der Waals surface area (Å²) in [6.07, 6.45) is 3.63. The van der Waals surface area contributed by atoms with Gasteiger partial charge in [0.2, 0.25) is 0 Å². The molecule has 0 atom stereocenters. The van der Waals surface area contributed by atoms with Gasteiger partial charge in [0.25, 0.3) is 0 Å². The summed E-state index contributed by atoms with van der Waals surface area (Å²) in [5.74, 6) is -3.75. The average Bonchev–Trinajstić information content (AvgIpc) is 2.38. The zero-order valence-corrected chi connectivity index (χ0v) is 12.7. The van der Waals surface area contributed by atoms with Crippen molar-refractivity contribution in [1.29, 1.82) is 0 Å². The van der Waals surface area contributed by atoms with E-state index in [2.05, 4.69) is 9.47 Å². The lowest BCUT2D eigenvalue weighted by Gasteiger charge is -2.04. The van der Waals surface area contributed by atoms with Crippen molar-refractivity contribution in [3.05, 3.63) is 23.3 Å². The highest BCUT2D eigenvalue weighted by Gasteiger charge is 2.19. The van der Waals surface area contributed by atoms with E-state index in [9.17, 15) is 19.2 Å². The van der Waals surface area contributed by atoms with E-state index in [0.29, 0.717) is 12.8 Å². The van der Waals surface area contributed by atoms with Crippen molar-refractivity contribution in [1.82, 2.24) is 0 Å². The molecular formula is C15H20O6. The highest BCUT2D eigenvalue weighted by molar-refractivity contribution is 6.04. The molecule has 0 aromatic rings. The lowest BCUT2D eigenvalue weighted by molar-refractivity contribution is -0.163.